The number of quaternary nitrogens is 1. The first kappa shape index (κ1) is 17.8. The monoisotopic (exact) mass is 360 g/mol. The van der Waals surface area contributed by atoms with Crippen LogP contribution in [0.3, 0.4) is 0 Å². The molecule has 0 saturated carbocycles. The lowest BCUT2D eigenvalue weighted by atomic mass is 10.00. The van der Waals surface area contributed by atoms with E-state index in [1.807, 2.05) is 24.4 Å². The van der Waals surface area contributed by atoms with Crippen molar-refractivity contribution in [3.05, 3.63) is 59.6 Å². The van der Waals surface area contributed by atoms with Crippen LogP contribution in [0.1, 0.15) is 37.5 Å². The molecular formula is C18H22N3O5+. The summed E-state index contributed by atoms with van der Waals surface area (Å²) >= 11 is 0. The molecule has 1 aliphatic rings. The molecule has 0 bridgehead atoms. The van der Waals surface area contributed by atoms with E-state index in [2.05, 4.69) is 10.6 Å². The van der Waals surface area contributed by atoms with Crippen LogP contribution in [0.4, 0.5) is 4.79 Å². The fourth-order valence-corrected chi connectivity index (χ4v) is 2.86. The maximum absolute atomic E-state index is 12.5. The van der Waals surface area contributed by atoms with E-state index >= 15 is 0 Å². The lowest BCUT2D eigenvalue weighted by molar-refractivity contribution is -0.688. The van der Waals surface area contributed by atoms with E-state index in [-0.39, 0.29) is 12.6 Å². The molecule has 2 aromatic heterocycles. The number of nitrogens with two attached hydrogens (primary N) is 1. The van der Waals surface area contributed by atoms with E-state index in [1.54, 1.807) is 25.3 Å². The number of urea groups is 1. The maximum atomic E-state index is 12.5. The topological polar surface area (TPSA) is 110 Å². The highest BCUT2D eigenvalue weighted by Crippen LogP contribution is 2.27. The highest BCUT2D eigenvalue weighted by molar-refractivity contribution is 5.95. The highest BCUT2D eigenvalue weighted by atomic mass is 16.5. The quantitative estimate of drug-likeness (QED) is 0.646. The Labute approximate surface area is 150 Å². The largest absolute Gasteiger partial charge is 0.467 e. The van der Waals surface area contributed by atoms with Gasteiger partial charge in [0.15, 0.2) is 5.76 Å². The number of esters is 1. The first-order valence-electron chi connectivity index (χ1n) is 8.48. The molecule has 3 rings (SSSR count). The van der Waals surface area contributed by atoms with Gasteiger partial charge in [0.1, 0.15) is 24.4 Å². The predicted molar refractivity (Wildman–Crippen MR) is 90.7 cm³/mol. The Hall–Kier alpha value is -3.00. The van der Waals surface area contributed by atoms with Gasteiger partial charge in [-0.2, -0.15) is 0 Å². The Morgan fingerprint density at radius 2 is 2.08 bits per heavy atom. The summed E-state index contributed by atoms with van der Waals surface area (Å²) < 4.78 is 16.0. The lowest BCUT2D eigenvalue weighted by Gasteiger charge is -2.27. The first-order valence-corrected chi connectivity index (χ1v) is 8.48. The molecule has 4 N–H and O–H groups in total. The molecule has 2 aromatic rings. The Morgan fingerprint density at radius 3 is 2.73 bits per heavy atom. The molecule has 0 aromatic carbocycles. The summed E-state index contributed by atoms with van der Waals surface area (Å²) in [4.78, 5) is 24.6. The number of nitrogens with one attached hydrogen (secondary N) is 2. The molecule has 2 amide bonds. The molecule has 0 spiro atoms. The third kappa shape index (κ3) is 3.80. The molecule has 138 valence electrons. The van der Waals surface area contributed by atoms with Crippen LogP contribution in [0, 0.1) is 0 Å². The number of amides is 2. The number of rotatable bonds is 7. The third-order valence-corrected chi connectivity index (χ3v) is 4.14. The maximum Gasteiger partial charge on any atom is 0.338 e. The SMILES string of the molecule is CCOC(=O)C1=C(C[NH2+][C@H](C)c2ccco2)NC(=O)N[C@H]1c1ccco1. The van der Waals surface area contributed by atoms with Crippen LogP contribution in [0.2, 0.25) is 0 Å². The van der Waals surface area contributed by atoms with E-state index in [4.69, 9.17) is 13.6 Å². The summed E-state index contributed by atoms with van der Waals surface area (Å²) in [6.07, 6.45) is 3.11. The van der Waals surface area contributed by atoms with Gasteiger partial charge >= 0.3 is 12.0 Å². The standard InChI is InChI=1S/C18H21N3O5/c1-3-24-17(22)15-12(10-19-11(2)13-6-4-8-25-13)20-18(23)21-16(15)14-7-5-9-26-14/h4-9,11,16,19H,3,10H2,1-2H3,(H2,20,21,23)/p+1/t11-,16+/m1/s1. The summed E-state index contributed by atoms with van der Waals surface area (Å²) in [7, 11) is 0. The second-order valence-electron chi connectivity index (χ2n) is 5.90. The molecule has 8 heteroatoms. The van der Waals surface area contributed by atoms with E-state index in [0.29, 0.717) is 23.6 Å². The normalized spacial score (nSPS) is 18.2. The van der Waals surface area contributed by atoms with Crippen molar-refractivity contribution in [3.8, 4) is 0 Å². The Kier molecular flexibility index (Phi) is 5.43. The first-order chi connectivity index (χ1) is 12.6. The van der Waals surface area contributed by atoms with E-state index in [9.17, 15) is 9.59 Å². The van der Waals surface area contributed by atoms with Crippen molar-refractivity contribution in [2.75, 3.05) is 13.2 Å². The fourth-order valence-electron chi connectivity index (χ4n) is 2.86. The number of hydrogen-bond acceptors (Lipinski definition) is 5. The summed E-state index contributed by atoms with van der Waals surface area (Å²) in [5.41, 5.74) is 0.830. The van der Waals surface area contributed by atoms with Crippen molar-refractivity contribution in [3.63, 3.8) is 0 Å². The van der Waals surface area contributed by atoms with Crippen molar-refractivity contribution >= 4 is 12.0 Å². The number of carbonyl (C=O) groups excluding carboxylic acids is 2. The zero-order chi connectivity index (χ0) is 18.5. The molecular weight excluding hydrogens is 338 g/mol. The van der Waals surface area contributed by atoms with Gasteiger partial charge in [-0.15, -0.1) is 0 Å². The van der Waals surface area contributed by atoms with Crippen LogP contribution < -0.4 is 16.0 Å². The summed E-state index contributed by atoms with van der Waals surface area (Å²) in [6.45, 7) is 4.33. The number of furan rings is 2. The minimum Gasteiger partial charge on any atom is -0.467 e. The van der Waals surface area contributed by atoms with Gasteiger partial charge in [0.05, 0.1) is 30.4 Å². The smallest absolute Gasteiger partial charge is 0.338 e. The van der Waals surface area contributed by atoms with Crippen LogP contribution in [0.25, 0.3) is 0 Å². The average Bonchev–Trinajstić information content (AvgIpc) is 3.32. The average molecular weight is 360 g/mol. The zero-order valence-electron chi connectivity index (χ0n) is 14.7. The molecule has 0 radical (unpaired) electrons. The van der Waals surface area contributed by atoms with Gasteiger partial charge in [-0.25, -0.2) is 9.59 Å². The van der Waals surface area contributed by atoms with E-state index in [1.165, 1.54) is 6.26 Å². The summed E-state index contributed by atoms with van der Waals surface area (Å²) in [5, 5.41) is 7.41. The van der Waals surface area contributed by atoms with E-state index in [0.717, 1.165) is 5.76 Å². The van der Waals surface area contributed by atoms with Gasteiger partial charge in [0, 0.05) is 0 Å². The summed E-state index contributed by atoms with van der Waals surface area (Å²) in [6, 6.07) is 6.05. The van der Waals surface area contributed by atoms with Crippen molar-refractivity contribution < 1.29 is 28.5 Å². The van der Waals surface area contributed by atoms with Gasteiger partial charge in [-0.1, -0.05) is 0 Å². The molecule has 3 heterocycles. The molecule has 0 unspecified atom stereocenters. The van der Waals surface area contributed by atoms with Crippen LogP contribution in [-0.4, -0.2) is 25.2 Å². The van der Waals surface area contributed by atoms with Crippen molar-refractivity contribution in [2.45, 2.75) is 25.9 Å². The van der Waals surface area contributed by atoms with Gasteiger partial charge in [0.2, 0.25) is 0 Å². The Bertz CT molecular complexity index is 780. The second kappa shape index (κ2) is 7.92. The van der Waals surface area contributed by atoms with Gasteiger partial charge in [0.25, 0.3) is 0 Å². The fraction of sp³-hybridized carbons (Fsp3) is 0.333. The van der Waals surface area contributed by atoms with Crippen LogP contribution in [0.5, 0.6) is 0 Å². The van der Waals surface area contributed by atoms with Crippen molar-refractivity contribution in [1.29, 1.82) is 0 Å². The van der Waals surface area contributed by atoms with Crippen molar-refractivity contribution in [1.82, 2.24) is 10.6 Å². The predicted octanol–water partition coefficient (Wildman–Crippen LogP) is 1.37. The third-order valence-electron chi connectivity index (χ3n) is 4.14. The molecule has 0 fully saturated rings. The van der Waals surface area contributed by atoms with Crippen LogP contribution >= 0.6 is 0 Å². The number of carbonyl (C=O) groups is 2. The Morgan fingerprint density at radius 1 is 1.31 bits per heavy atom. The minimum absolute atomic E-state index is 0.0230. The Balaban J connectivity index is 1.88. The van der Waals surface area contributed by atoms with Crippen LogP contribution in [-0.2, 0) is 9.53 Å². The molecule has 0 aliphatic carbocycles. The summed E-state index contributed by atoms with van der Waals surface area (Å²) in [5.74, 6) is 0.793. The molecule has 2 atom stereocenters. The number of hydrogen-bond donors (Lipinski definition) is 3. The molecule has 0 saturated heterocycles. The van der Waals surface area contributed by atoms with Gasteiger partial charge in [-0.05, 0) is 38.1 Å². The van der Waals surface area contributed by atoms with Gasteiger partial charge < -0.3 is 29.5 Å². The lowest BCUT2D eigenvalue weighted by Crippen LogP contribution is -2.86. The molecule has 8 nitrogen and oxygen atoms in total. The van der Waals surface area contributed by atoms with Crippen LogP contribution in [0.15, 0.2) is 56.9 Å². The zero-order valence-corrected chi connectivity index (χ0v) is 14.7. The van der Waals surface area contributed by atoms with Crippen molar-refractivity contribution in [2.24, 2.45) is 0 Å². The minimum atomic E-state index is -0.694. The molecule has 1 aliphatic heterocycles. The number of ether oxygens (including phenoxy) is 1. The highest BCUT2D eigenvalue weighted by Gasteiger charge is 2.36. The van der Waals surface area contributed by atoms with Gasteiger partial charge in [-0.3, -0.25) is 0 Å². The molecule has 26 heavy (non-hydrogen) atoms. The second-order valence-corrected chi connectivity index (χ2v) is 5.90. The van der Waals surface area contributed by atoms with E-state index < -0.39 is 18.0 Å².